The second-order valence-electron chi connectivity index (χ2n) is 8.25. The molecule has 5 nitrogen and oxygen atoms in total. The Morgan fingerprint density at radius 2 is 1.66 bits per heavy atom. The number of hydrogen-bond donors (Lipinski definition) is 2. The number of hydrogen-bond acceptors (Lipinski definition) is 3. The third kappa shape index (κ3) is 3.57. The monoisotopic (exact) mass is 401 g/mol. The highest BCUT2D eigenvalue weighted by molar-refractivity contribution is 5.81. The zero-order valence-corrected chi connectivity index (χ0v) is 15.7. The van der Waals surface area contributed by atoms with Crippen molar-refractivity contribution >= 4 is 12.1 Å². The van der Waals surface area contributed by atoms with Gasteiger partial charge in [-0.2, -0.15) is 0 Å². The molecule has 2 N–H and O–H groups in total. The maximum atomic E-state index is 13.9. The van der Waals surface area contributed by atoms with Crippen molar-refractivity contribution in [1.82, 2.24) is 5.32 Å². The Bertz CT molecular complexity index is 907. The average Bonchev–Trinajstić information content (AvgIpc) is 2.63. The number of rotatable bonds is 7. The van der Waals surface area contributed by atoms with Gasteiger partial charge in [0.05, 0.1) is 0 Å². The van der Waals surface area contributed by atoms with Crippen molar-refractivity contribution in [2.75, 3.05) is 0 Å². The van der Waals surface area contributed by atoms with Crippen LogP contribution in [0.15, 0.2) is 48.5 Å². The van der Waals surface area contributed by atoms with Gasteiger partial charge < -0.3 is 15.2 Å². The highest BCUT2D eigenvalue weighted by Gasteiger charge is 2.72. The fourth-order valence-corrected chi connectivity index (χ4v) is 5.01. The van der Waals surface area contributed by atoms with Crippen LogP contribution in [0.4, 0.5) is 13.6 Å². The Morgan fingerprint density at radius 1 is 1.03 bits per heavy atom. The molecule has 2 aromatic carbocycles. The van der Waals surface area contributed by atoms with E-state index in [1.807, 2.05) is 18.2 Å². The van der Waals surface area contributed by atoms with E-state index in [1.54, 1.807) is 12.1 Å². The first kappa shape index (κ1) is 19.4. The molecule has 0 saturated heterocycles. The molecular weight excluding hydrogens is 380 g/mol. The molecule has 1 atom stereocenters. The van der Waals surface area contributed by atoms with E-state index in [1.165, 1.54) is 18.2 Å². The molecule has 2 aromatic rings. The molecular formula is C22H21F2NO4. The summed E-state index contributed by atoms with van der Waals surface area (Å²) in [7, 11) is 0. The third-order valence-electron chi connectivity index (χ3n) is 6.13. The van der Waals surface area contributed by atoms with Crippen LogP contribution in [-0.4, -0.2) is 23.2 Å². The van der Waals surface area contributed by atoms with E-state index >= 15 is 0 Å². The van der Waals surface area contributed by atoms with Crippen molar-refractivity contribution < 1.29 is 28.2 Å². The van der Waals surface area contributed by atoms with Gasteiger partial charge in [-0.05, 0) is 48.8 Å². The summed E-state index contributed by atoms with van der Waals surface area (Å²) in [6, 6.07) is 11.8. The summed E-state index contributed by atoms with van der Waals surface area (Å²) in [5.41, 5.74) is -0.0418. The molecule has 0 radical (unpaired) electrons. The number of amides is 1. The minimum Gasteiger partial charge on any atom is -0.480 e. The topological polar surface area (TPSA) is 75.6 Å². The molecule has 2 bridgehead atoms. The van der Waals surface area contributed by atoms with Crippen LogP contribution >= 0.6 is 0 Å². The van der Waals surface area contributed by atoms with E-state index in [-0.39, 0.29) is 24.0 Å². The highest BCUT2D eigenvalue weighted by Crippen LogP contribution is 2.75. The number of nitrogens with one attached hydrogen (secondary N) is 1. The molecule has 0 aliphatic heterocycles. The number of ether oxygens (including phenoxy) is 1. The van der Waals surface area contributed by atoms with Crippen LogP contribution < -0.4 is 5.32 Å². The molecule has 7 heteroatoms. The number of carboxylic acid groups (broad SMARTS) is 1. The minimum atomic E-state index is -1.13. The summed E-state index contributed by atoms with van der Waals surface area (Å²) in [4.78, 5) is 23.9. The second kappa shape index (κ2) is 7.13. The van der Waals surface area contributed by atoms with Gasteiger partial charge in [0.2, 0.25) is 0 Å². The molecule has 152 valence electrons. The van der Waals surface area contributed by atoms with E-state index in [0.29, 0.717) is 19.3 Å². The quantitative estimate of drug-likeness (QED) is 0.734. The van der Waals surface area contributed by atoms with Crippen LogP contribution in [0.2, 0.25) is 0 Å². The smallest absolute Gasteiger partial charge is 0.408 e. The van der Waals surface area contributed by atoms with Gasteiger partial charge in [-0.1, -0.05) is 36.4 Å². The number of halogens is 2. The van der Waals surface area contributed by atoms with Crippen molar-refractivity contribution in [2.24, 2.45) is 10.8 Å². The Morgan fingerprint density at radius 3 is 2.24 bits per heavy atom. The van der Waals surface area contributed by atoms with Crippen LogP contribution in [0.3, 0.4) is 0 Å². The largest absolute Gasteiger partial charge is 0.480 e. The first-order valence-corrected chi connectivity index (χ1v) is 9.46. The lowest BCUT2D eigenvalue weighted by atomic mass is 9.32. The zero-order chi connectivity index (χ0) is 20.6. The first-order chi connectivity index (χ1) is 13.8. The van der Waals surface area contributed by atoms with Gasteiger partial charge in [0.1, 0.15) is 24.3 Å². The predicted octanol–water partition coefficient (Wildman–Crippen LogP) is 4.06. The van der Waals surface area contributed by atoms with Gasteiger partial charge in [-0.3, -0.25) is 0 Å². The number of carbonyl (C=O) groups excluding carboxylic acids is 1. The minimum absolute atomic E-state index is 0.0442. The Kier molecular flexibility index (Phi) is 4.76. The van der Waals surface area contributed by atoms with Gasteiger partial charge in [0.15, 0.2) is 0 Å². The van der Waals surface area contributed by atoms with Gasteiger partial charge in [0.25, 0.3) is 0 Å². The lowest BCUT2D eigenvalue weighted by molar-refractivity contribution is -0.224. The number of alkyl carbamates (subject to hydrolysis) is 1. The summed E-state index contributed by atoms with van der Waals surface area (Å²) < 4.78 is 33.0. The standard InChI is InChI=1S/C22H21F2NO4/c23-16-7-4-8-17(24)15(16)9-21-11-22(12-21,13-21)18(19(26)27)25-20(28)29-10-14-5-2-1-3-6-14/h1-8,18H,9-13H2,(H,25,28)(H,26,27). The second-order valence-corrected chi connectivity index (χ2v) is 8.25. The van der Waals surface area contributed by atoms with E-state index in [0.717, 1.165) is 5.56 Å². The van der Waals surface area contributed by atoms with Gasteiger partial charge >= 0.3 is 12.1 Å². The number of aliphatic carboxylic acids is 1. The highest BCUT2D eigenvalue weighted by atomic mass is 19.1. The van der Waals surface area contributed by atoms with E-state index in [4.69, 9.17) is 4.74 Å². The van der Waals surface area contributed by atoms with Crippen LogP contribution in [-0.2, 0) is 22.6 Å². The predicted molar refractivity (Wildman–Crippen MR) is 100.0 cm³/mol. The summed E-state index contributed by atoms with van der Waals surface area (Å²) in [6.07, 6.45) is 0.954. The maximum Gasteiger partial charge on any atom is 0.408 e. The molecule has 0 aromatic heterocycles. The molecule has 0 spiro atoms. The van der Waals surface area contributed by atoms with E-state index in [9.17, 15) is 23.5 Å². The zero-order valence-electron chi connectivity index (χ0n) is 15.7. The first-order valence-electron chi connectivity index (χ1n) is 9.46. The number of carbonyl (C=O) groups is 2. The number of carboxylic acids is 1. The van der Waals surface area contributed by atoms with Gasteiger partial charge in [-0.15, -0.1) is 0 Å². The maximum absolute atomic E-state index is 13.9. The molecule has 3 aliphatic rings. The van der Waals surface area contributed by atoms with Crippen LogP contribution in [0.5, 0.6) is 0 Å². The van der Waals surface area contributed by atoms with Crippen molar-refractivity contribution in [3.8, 4) is 0 Å². The fourth-order valence-electron chi connectivity index (χ4n) is 5.01. The molecule has 3 saturated carbocycles. The van der Waals surface area contributed by atoms with Gasteiger partial charge in [-0.25, -0.2) is 18.4 Å². The van der Waals surface area contributed by atoms with E-state index < -0.39 is 35.2 Å². The average molecular weight is 401 g/mol. The van der Waals surface area contributed by atoms with Crippen molar-refractivity contribution in [1.29, 1.82) is 0 Å². The molecule has 3 fully saturated rings. The third-order valence-corrected chi connectivity index (χ3v) is 6.13. The molecule has 1 amide bonds. The van der Waals surface area contributed by atoms with Gasteiger partial charge in [0, 0.05) is 11.0 Å². The van der Waals surface area contributed by atoms with Crippen LogP contribution in [0, 0.1) is 22.5 Å². The Hall–Kier alpha value is -2.96. The summed E-state index contributed by atoms with van der Waals surface area (Å²) in [6.45, 7) is 0.0442. The number of benzene rings is 2. The lowest BCUT2D eigenvalue weighted by Crippen LogP contribution is -2.72. The molecule has 29 heavy (non-hydrogen) atoms. The fraction of sp³-hybridized carbons (Fsp3) is 0.364. The van der Waals surface area contributed by atoms with Crippen molar-refractivity contribution in [3.05, 3.63) is 71.3 Å². The molecule has 5 rings (SSSR count). The summed E-state index contributed by atoms with van der Waals surface area (Å²) >= 11 is 0. The Labute approximate surface area is 166 Å². The van der Waals surface area contributed by atoms with Crippen LogP contribution in [0.1, 0.15) is 30.4 Å². The van der Waals surface area contributed by atoms with E-state index in [2.05, 4.69) is 5.32 Å². The van der Waals surface area contributed by atoms with Crippen molar-refractivity contribution in [3.63, 3.8) is 0 Å². The molecule has 0 heterocycles. The normalized spacial score (nSPS) is 25.3. The van der Waals surface area contributed by atoms with Crippen molar-refractivity contribution in [2.45, 2.75) is 38.3 Å². The lowest BCUT2D eigenvalue weighted by Gasteiger charge is -2.72. The van der Waals surface area contributed by atoms with Crippen LogP contribution in [0.25, 0.3) is 0 Å². The molecule has 3 aliphatic carbocycles. The Balaban J connectivity index is 1.35. The summed E-state index contributed by atoms with van der Waals surface area (Å²) in [5.74, 6) is -2.30. The SMILES string of the molecule is O=C(NC(C(=O)O)C12CC(Cc3c(F)cccc3F)(C1)C2)OCc1ccccc1. The molecule has 1 unspecified atom stereocenters. The summed E-state index contributed by atoms with van der Waals surface area (Å²) in [5, 5.41) is 12.1.